The highest BCUT2D eigenvalue weighted by molar-refractivity contribution is 6.17. The number of carboxylic acid groups (broad SMARTS) is 1. The van der Waals surface area contributed by atoms with Crippen LogP contribution in [0.1, 0.15) is 23.3 Å². The number of morpholine rings is 1. The molecule has 1 atom stereocenters. The highest BCUT2D eigenvalue weighted by Gasteiger charge is 2.25. The van der Waals surface area contributed by atoms with Crippen molar-refractivity contribution in [1.29, 1.82) is 0 Å². The minimum Gasteiger partial charge on any atom is -0.477 e. The van der Waals surface area contributed by atoms with Gasteiger partial charge < -0.3 is 34.7 Å². The molecular formula is C28H27FN6O5. The molecule has 1 aromatic carbocycles. The number of aromatic amines is 1. The van der Waals surface area contributed by atoms with Gasteiger partial charge in [-0.3, -0.25) is 4.79 Å². The van der Waals surface area contributed by atoms with Gasteiger partial charge in [0.2, 0.25) is 5.43 Å². The molecule has 1 saturated heterocycles. The lowest BCUT2D eigenvalue weighted by atomic mass is 10.0. The zero-order valence-electron chi connectivity index (χ0n) is 21.9. The number of carboxylic acids is 1. The van der Waals surface area contributed by atoms with Crippen molar-refractivity contribution in [3.63, 3.8) is 0 Å². The third kappa shape index (κ3) is 4.03. The predicted molar refractivity (Wildman–Crippen MR) is 150 cm³/mol. The second kappa shape index (κ2) is 9.88. The van der Waals surface area contributed by atoms with E-state index in [0.29, 0.717) is 59.7 Å². The molecule has 1 aliphatic rings. The summed E-state index contributed by atoms with van der Waals surface area (Å²) >= 11 is 0. The van der Waals surface area contributed by atoms with E-state index in [-0.39, 0.29) is 17.6 Å². The van der Waals surface area contributed by atoms with Gasteiger partial charge in [-0.2, -0.15) is 0 Å². The van der Waals surface area contributed by atoms with Crippen molar-refractivity contribution >= 4 is 50.3 Å². The van der Waals surface area contributed by atoms with Crippen LogP contribution in [0, 0.1) is 5.82 Å². The van der Waals surface area contributed by atoms with E-state index in [2.05, 4.69) is 25.2 Å². The molecule has 1 fully saturated rings. The summed E-state index contributed by atoms with van der Waals surface area (Å²) in [5.41, 5.74) is 3.03. The Kier molecular flexibility index (Phi) is 6.35. The predicted octanol–water partition coefficient (Wildman–Crippen LogP) is 3.36. The van der Waals surface area contributed by atoms with Gasteiger partial charge in [-0.25, -0.2) is 19.2 Å². The number of aromatic nitrogens is 4. The number of H-pyrrole nitrogens is 1. The number of nitrogens with one attached hydrogen (secondary N) is 2. The Hall–Kier alpha value is -4.55. The Morgan fingerprint density at radius 2 is 1.98 bits per heavy atom. The van der Waals surface area contributed by atoms with E-state index in [1.807, 2.05) is 0 Å². The second-order valence-electron chi connectivity index (χ2n) is 9.81. The number of anilines is 2. The van der Waals surface area contributed by atoms with Crippen molar-refractivity contribution in [2.75, 3.05) is 50.2 Å². The van der Waals surface area contributed by atoms with Crippen molar-refractivity contribution in [1.82, 2.24) is 19.5 Å². The zero-order chi connectivity index (χ0) is 28.1. The summed E-state index contributed by atoms with van der Waals surface area (Å²) < 4.78 is 21.8. The van der Waals surface area contributed by atoms with Crippen LogP contribution in [-0.4, -0.2) is 75.7 Å². The number of aliphatic hydroxyl groups excluding tert-OH is 1. The van der Waals surface area contributed by atoms with Gasteiger partial charge in [-0.1, -0.05) is 0 Å². The minimum atomic E-state index is -1.37. The Morgan fingerprint density at radius 3 is 2.67 bits per heavy atom. The van der Waals surface area contributed by atoms with Crippen molar-refractivity contribution < 1.29 is 24.1 Å². The molecule has 40 heavy (non-hydrogen) atoms. The summed E-state index contributed by atoms with van der Waals surface area (Å²) in [7, 11) is 1.72. The Bertz CT molecular complexity index is 1860. The third-order valence-corrected chi connectivity index (χ3v) is 7.41. The number of hydrogen-bond acceptors (Lipinski definition) is 8. The number of carbonyl (C=O) groups is 1. The molecule has 1 aliphatic heterocycles. The van der Waals surface area contributed by atoms with Gasteiger partial charge in [0, 0.05) is 55.2 Å². The number of benzene rings is 1. The van der Waals surface area contributed by atoms with Gasteiger partial charge in [0.25, 0.3) is 0 Å². The highest BCUT2D eigenvalue weighted by atomic mass is 19.1. The summed E-state index contributed by atoms with van der Waals surface area (Å²) in [6, 6.07) is 3.98. The van der Waals surface area contributed by atoms with Crippen molar-refractivity contribution in [3.05, 3.63) is 58.4 Å². The number of hydrogen-bond donors (Lipinski definition) is 4. The monoisotopic (exact) mass is 546 g/mol. The molecule has 4 N–H and O–H groups in total. The van der Waals surface area contributed by atoms with Crippen LogP contribution in [0.4, 0.5) is 15.8 Å². The van der Waals surface area contributed by atoms with E-state index >= 15 is 0 Å². The number of ether oxygens (including phenoxy) is 1. The van der Waals surface area contributed by atoms with E-state index in [1.54, 1.807) is 32.4 Å². The first-order chi connectivity index (χ1) is 19.3. The molecule has 5 aromatic rings. The average Bonchev–Trinajstić information content (AvgIpc) is 3.34. The maximum atomic E-state index is 14.7. The normalized spacial score (nSPS) is 14.8. The number of aromatic carboxylic acids is 1. The number of aliphatic hydroxyl groups is 1. The molecule has 12 heteroatoms. The fraction of sp³-hybridized carbons (Fsp3) is 0.286. The van der Waals surface area contributed by atoms with Crippen molar-refractivity contribution in [2.24, 2.45) is 0 Å². The van der Waals surface area contributed by atoms with Crippen LogP contribution in [-0.2, 0) is 4.74 Å². The van der Waals surface area contributed by atoms with E-state index in [0.717, 1.165) is 11.1 Å². The lowest BCUT2D eigenvalue weighted by Gasteiger charge is -2.31. The molecule has 4 aromatic heterocycles. The van der Waals surface area contributed by atoms with Crippen LogP contribution in [0.25, 0.3) is 44.1 Å². The molecule has 0 bridgehead atoms. The lowest BCUT2D eigenvalue weighted by Crippen LogP contribution is -2.36. The first kappa shape index (κ1) is 25.7. The summed E-state index contributed by atoms with van der Waals surface area (Å²) in [5.74, 6) is -1.77. The SMILES string of the molecule is CNc1cc(F)cc2c1[nH]c1ncc(-c3cnc4c(c3)c(=O)c(C(=O)O)cn4C(C)CO)c(N3CCOCC3)c12. The van der Waals surface area contributed by atoms with Crippen LogP contribution < -0.4 is 15.6 Å². The van der Waals surface area contributed by atoms with E-state index < -0.39 is 28.8 Å². The number of rotatable bonds is 6. The quantitative estimate of drug-likeness (QED) is 0.252. The van der Waals surface area contributed by atoms with Gasteiger partial charge in [0.05, 0.1) is 53.5 Å². The zero-order valence-corrected chi connectivity index (χ0v) is 21.9. The summed E-state index contributed by atoms with van der Waals surface area (Å²) in [6.07, 6.45) is 4.49. The average molecular weight is 547 g/mol. The maximum Gasteiger partial charge on any atom is 0.341 e. The van der Waals surface area contributed by atoms with Crippen LogP contribution in [0.5, 0.6) is 0 Å². The minimum absolute atomic E-state index is 0.105. The van der Waals surface area contributed by atoms with E-state index in [9.17, 15) is 24.2 Å². The summed E-state index contributed by atoms with van der Waals surface area (Å²) in [6.45, 7) is 3.60. The fourth-order valence-electron chi connectivity index (χ4n) is 5.39. The van der Waals surface area contributed by atoms with Gasteiger partial charge in [0.1, 0.15) is 22.7 Å². The molecule has 0 saturated carbocycles. The van der Waals surface area contributed by atoms with E-state index in [1.165, 1.54) is 22.9 Å². The van der Waals surface area contributed by atoms with Gasteiger partial charge in [-0.05, 0) is 25.1 Å². The largest absolute Gasteiger partial charge is 0.477 e. The van der Waals surface area contributed by atoms with Gasteiger partial charge in [-0.15, -0.1) is 0 Å². The number of pyridine rings is 3. The van der Waals surface area contributed by atoms with Crippen molar-refractivity contribution in [2.45, 2.75) is 13.0 Å². The molecule has 1 unspecified atom stereocenters. The Balaban J connectivity index is 1.68. The number of halogens is 1. The molecule has 0 amide bonds. The van der Waals surface area contributed by atoms with Crippen LogP contribution >= 0.6 is 0 Å². The van der Waals surface area contributed by atoms with Gasteiger partial charge >= 0.3 is 5.97 Å². The number of nitrogens with zero attached hydrogens (tertiary/aromatic N) is 4. The molecule has 0 spiro atoms. The Labute approximate surface area is 226 Å². The van der Waals surface area contributed by atoms with Crippen molar-refractivity contribution in [3.8, 4) is 11.1 Å². The molecule has 6 rings (SSSR count). The van der Waals surface area contributed by atoms with E-state index in [4.69, 9.17) is 4.74 Å². The summed E-state index contributed by atoms with van der Waals surface area (Å²) in [5, 5.41) is 24.0. The highest BCUT2D eigenvalue weighted by Crippen LogP contribution is 2.42. The third-order valence-electron chi connectivity index (χ3n) is 7.41. The molecule has 206 valence electrons. The second-order valence-corrected chi connectivity index (χ2v) is 9.81. The van der Waals surface area contributed by atoms with Crippen LogP contribution in [0.2, 0.25) is 0 Å². The molecular weight excluding hydrogens is 519 g/mol. The fourth-order valence-corrected chi connectivity index (χ4v) is 5.39. The standard InChI is InChI=1S/C28H27FN6O5/c1-14(13-36)35-12-20(28(38)39)25(37)18-7-15(10-32-27(18)35)19-11-31-26-22(24(19)34-3-5-40-6-4-34)17-8-16(29)9-21(30-2)23(17)33-26/h7-12,14,30,36H,3-6,13H2,1-2H3,(H,31,33)(H,38,39). The van der Waals surface area contributed by atoms with Crippen LogP contribution in [0.3, 0.4) is 0 Å². The topological polar surface area (TPSA) is 146 Å². The molecule has 5 heterocycles. The first-order valence-corrected chi connectivity index (χ1v) is 12.9. The van der Waals surface area contributed by atoms with Gasteiger partial charge in [0.15, 0.2) is 0 Å². The molecule has 11 nitrogen and oxygen atoms in total. The molecule has 0 aliphatic carbocycles. The lowest BCUT2D eigenvalue weighted by molar-refractivity contribution is 0.0694. The summed E-state index contributed by atoms with van der Waals surface area (Å²) in [4.78, 5) is 39.8. The number of fused-ring (bicyclic) bond motifs is 4. The first-order valence-electron chi connectivity index (χ1n) is 12.9. The Morgan fingerprint density at radius 1 is 1.20 bits per heavy atom. The molecule has 0 radical (unpaired) electrons. The smallest absolute Gasteiger partial charge is 0.341 e. The van der Waals surface area contributed by atoms with Crippen LogP contribution in [0.15, 0.2) is 41.6 Å². The maximum absolute atomic E-state index is 14.7.